The van der Waals surface area contributed by atoms with Gasteiger partial charge in [0.2, 0.25) is 5.91 Å². The van der Waals surface area contributed by atoms with E-state index in [0.29, 0.717) is 12.0 Å². The van der Waals surface area contributed by atoms with Gasteiger partial charge >= 0.3 is 0 Å². The molecule has 0 aliphatic carbocycles. The van der Waals surface area contributed by atoms with Crippen LogP contribution in [0.4, 0.5) is 4.39 Å². The number of nitrogens with two attached hydrogens (primary N) is 2. The second-order valence-electron chi connectivity index (χ2n) is 3.97. The van der Waals surface area contributed by atoms with Gasteiger partial charge < -0.3 is 16.2 Å². The second kappa shape index (κ2) is 6.20. The van der Waals surface area contributed by atoms with Gasteiger partial charge in [-0.25, -0.2) is 4.39 Å². The number of hydrogen-bond donors (Lipinski definition) is 2. The van der Waals surface area contributed by atoms with Crippen LogP contribution in [0.1, 0.15) is 18.9 Å². The molecule has 5 heteroatoms. The van der Waals surface area contributed by atoms with E-state index < -0.39 is 11.7 Å². The summed E-state index contributed by atoms with van der Waals surface area (Å²) in [5, 5.41) is 0. The molecule has 0 spiro atoms. The summed E-state index contributed by atoms with van der Waals surface area (Å²) in [5.41, 5.74) is 11.3. The zero-order valence-electron chi connectivity index (χ0n) is 9.78. The van der Waals surface area contributed by atoms with Crippen LogP contribution in [0, 0.1) is 5.82 Å². The van der Waals surface area contributed by atoms with Crippen LogP contribution in [0.3, 0.4) is 0 Å². The number of carbonyl (C=O) groups is 1. The molecule has 0 heterocycles. The largest absolute Gasteiger partial charge is 0.490 e. The van der Waals surface area contributed by atoms with Gasteiger partial charge in [0.25, 0.3) is 0 Å². The van der Waals surface area contributed by atoms with Crippen LogP contribution in [0.5, 0.6) is 5.75 Å². The second-order valence-corrected chi connectivity index (χ2v) is 3.97. The van der Waals surface area contributed by atoms with E-state index in [1.165, 1.54) is 6.07 Å². The van der Waals surface area contributed by atoms with Gasteiger partial charge in [-0.05, 0) is 25.0 Å². The Bertz CT molecular complexity index is 394. The van der Waals surface area contributed by atoms with Gasteiger partial charge in [-0.3, -0.25) is 4.79 Å². The van der Waals surface area contributed by atoms with Gasteiger partial charge in [-0.15, -0.1) is 0 Å². The molecule has 0 bridgehead atoms. The summed E-state index contributed by atoms with van der Waals surface area (Å²) in [4.78, 5) is 10.6. The fourth-order valence-corrected chi connectivity index (χ4v) is 1.48. The molecule has 0 fully saturated rings. The van der Waals surface area contributed by atoms with Gasteiger partial charge in [0.15, 0.2) is 11.6 Å². The lowest BCUT2D eigenvalue weighted by atomic mass is 10.1. The van der Waals surface area contributed by atoms with Gasteiger partial charge in [0.05, 0.1) is 13.0 Å². The lowest BCUT2D eigenvalue weighted by molar-refractivity contribution is -0.118. The number of carbonyl (C=O) groups excluding carboxylic acids is 1. The number of ether oxygens (including phenoxy) is 1. The Kier molecular flexibility index (Phi) is 4.90. The van der Waals surface area contributed by atoms with E-state index in [1.54, 1.807) is 12.1 Å². The van der Waals surface area contributed by atoms with E-state index in [0.717, 1.165) is 0 Å². The number of rotatable bonds is 6. The molecule has 4 nitrogen and oxygen atoms in total. The van der Waals surface area contributed by atoms with Gasteiger partial charge in [-0.1, -0.05) is 12.1 Å². The van der Waals surface area contributed by atoms with Crippen molar-refractivity contribution >= 4 is 5.91 Å². The van der Waals surface area contributed by atoms with Crippen molar-refractivity contribution in [1.29, 1.82) is 0 Å². The molecule has 4 N–H and O–H groups in total. The lowest BCUT2D eigenvalue weighted by Gasteiger charge is -2.13. The summed E-state index contributed by atoms with van der Waals surface area (Å²) in [5.74, 6) is -0.770. The molecule has 1 amide bonds. The molecular weight excluding hydrogens is 223 g/mol. The highest BCUT2D eigenvalue weighted by Crippen LogP contribution is 2.23. The van der Waals surface area contributed by atoms with Crippen molar-refractivity contribution in [2.24, 2.45) is 11.5 Å². The number of amides is 1. The number of benzene rings is 1. The molecule has 0 aliphatic heterocycles. The maximum absolute atomic E-state index is 13.5. The van der Waals surface area contributed by atoms with Crippen molar-refractivity contribution in [2.75, 3.05) is 6.61 Å². The Labute approximate surface area is 99.7 Å². The SMILES string of the molecule is CC(N)Cc1cccc(F)c1OCCC(N)=O. The van der Waals surface area contributed by atoms with E-state index in [2.05, 4.69) is 0 Å². The fraction of sp³-hybridized carbons (Fsp3) is 0.417. The summed E-state index contributed by atoms with van der Waals surface area (Å²) in [6.07, 6.45) is 0.579. The monoisotopic (exact) mass is 240 g/mol. The Morgan fingerprint density at radius 1 is 1.53 bits per heavy atom. The topological polar surface area (TPSA) is 78.3 Å². The van der Waals surface area contributed by atoms with Crippen molar-refractivity contribution in [3.63, 3.8) is 0 Å². The first-order chi connectivity index (χ1) is 8.00. The van der Waals surface area contributed by atoms with E-state index in [4.69, 9.17) is 16.2 Å². The first-order valence-electron chi connectivity index (χ1n) is 5.44. The smallest absolute Gasteiger partial charge is 0.220 e. The molecule has 0 saturated carbocycles. The number of hydrogen-bond acceptors (Lipinski definition) is 3. The van der Waals surface area contributed by atoms with Crippen LogP contribution >= 0.6 is 0 Å². The Morgan fingerprint density at radius 2 is 2.24 bits per heavy atom. The maximum Gasteiger partial charge on any atom is 0.220 e. The van der Waals surface area contributed by atoms with Gasteiger partial charge in [0, 0.05) is 6.04 Å². The van der Waals surface area contributed by atoms with E-state index in [9.17, 15) is 9.18 Å². The number of para-hydroxylation sites is 1. The molecule has 0 saturated heterocycles. The van der Waals surface area contributed by atoms with Crippen molar-refractivity contribution < 1.29 is 13.9 Å². The Hall–Kier alpha value is -1.62. The molecule has 17 heavy (non-hydrogen) atoms. The Balaban J connectivity index is 2.76. The normalized spacial score (nSPS) is 12.2. The minimum absolute atomic E-state index is 0.0615. The molecule has 0 aliphatic rings. The highest BCUT2D eigenvalue weighted by atomic mass is 19.1. The van der Waals surface area contributed by atoms with Gasteiger partial charge in [0.1, 0.15) is 0 Å². The van der Waals surface area contributed by atoms with Gasteiger partial charge in [-0.2, -0.15) is 0 Å². The first kappa shape index (κ1) is 13.4. The van der Waals surface area contributed by atoms with E-state index in [-0.39, 0.29) is 24.8 Å². The third-order valence-electron chi connectivity index (χ3n) is 2.19. The zero-order valence-corrected chi connectivity index (χ0v) is 9.78. The maximum atomic E-state index is 13.5. The molecule has 1 unspecified atom stereocenters. The third kappa shape index (κ3) is 4.40. The predicted octanol–water partition coefficient (Wildman–Crippen LogP) is 0.970. The van der Waals surface area contributed by atoms with Crippen LogP contribution in [0.15, 0.2) is 18.2 Å². The highest BCUT2D eigenvalue weighted by molar-refractivity contribution is 5.73. The molecule has 1 aromatic rings. The van der Waals surface area contributed by atoms with Crippen LogP contribution < -0.4 is 16.2 Å². The summed E-state index contributed by atoms with van der Waals surface area (Å²) in [6, 6.07) is 4.58. The van der Waals surface area contributed by atoms with Crippen molar-refractivity contribution in [3.05, 3.63) is 29.6 Å². The summed E-state index contributed by atoms with van der Waals surface area (Å²) in [6.45, 7) is 1.90. The minimum Gasteiger partial charge on any atom is -0.490 e. The standard InChI is InChI=1S/C12H17FN2O2/c1-8(14)7-9-3-2-4-10(13)12(9)17-6-5-11(15)16/h2-4,8H,5-7,14H2,1H3,(H2,15,16). The summed E-state index contributed by atoms with van der Waals surface area (Å²) >= 11 is 0. The molecule has 94 valence electrons. The first-order valence-corrected chi connectivity index (χ1v) is 5.44. The van der Waals surface area contributed by atoms with Crippen molar-refractivity contribution in [3.8, 4) is 5.75 Å². The molecular formula is C12H17FN2O2. The molecule has 1 rings (SSSR count). The lowest BCUT2D eigenvalue weighted by Crippen LogP contribution is -2.19. The molecule has 1 aromatic carbocycles. The van der Waals surface area contributed by atoms with Crippen LogP contribution in [-0.4, -0.2) is 18.6 Å². The van der Waals surface area contributed by atoms with Crippen molar-refractivity contribution in [1.82, 2.24) is 0 Å². The van der Waals surface area contributed by atoms with Crippen LogP contribution in [-0.2, 0) is 11.2 Å². The number of halogens is 1. The highest BCUT2D eigenvalue weighted by Gasteiger charge is 2.11. The zero-order chi connectivity index (χ0) is 12.8. The quantitative estimate of drug-likeness (QED) is 0.777. The van der Waals surface area contributed by atoms with E-state index in [1.807, 2.05) is 6.92 Å². The summed E-state index contributed by atoms with van der Waals surface area (Å²) in [7, 11) is 0. The third-order valence-corrected chi connectivity index (χ3v) is 2.19. The molecule has 0 radical (unpaired) electrons. The van der Waals surface area contributed by atoms with Crippen LogP contribution in [0.2, 0.25) is 0 Å². The van der Waals surface area contributed by atoms with Crippen LogP contribution in [0.25, 0.3) is 0 Å². The van der Waals surface area contributed by atoms with E-state index >= 15 is 0 Å². The average Bonchev–Trinajstić information content (AvgIpc) is 2.21. The molecule has 0 aromatic heterocycles. The fourth-order valence-electron chi connectivity index (χ4n) is 1.48. The van der Waals surface area contributed by atoms with Crippen molar-refractivity contribution in [2.45, 2.75) is 25.8 Å². The Morgan fingerprint density at radius 3 is 2.82 bits per heavy atom. The summed E-state index contributed by atoms with van der Waals surface area (Å²) < 4.78 is 18.8. The minimum atomic E-state index is -0.477. The molecule has 1 atom stereocenters. The predicted molar refractivity (Wildman–Crippen MR) is 63.1 cm³/mol. The average molecular weight is 240 g/mol. The number of primary amides is 1.